The molecule has 0 saturated heterocycles. The third kappa shape index (κ3) is 7.03. The standard InChI is InChI=1S/C15H23ClN2O.C2H6/c1-4-6-9-12(5-2)13(19)15-17-10-7-8-11(3)14(16)18-15;1-2/h12H,3-10H2,1-2H3;1-2H3. The van der Waals surface area contributed by atoms with Crippen molar-refractivity contribution in [2.75, 3.05) is 6.54 Å². The molecule has 0 aromatic rings. The van der Waals surface area contributed by atoms with Crippen LogP contribution in [0.15, 0.2) is 22.1 Å². The van der Waals surface area contributed by atoms with Crippen LogP contribution >= 0.6 is 11.6 Å². The Morgan fingerprint density at radius 3 is 2.62 bits per heavy atom. The molecule has 0 aromatic carbocycles. The van der Waals surface area contributed by atoms with Crippen LogP contribution in [-0.2, 0) is 4.79 Å². The molecule has 0 radical (unpaired) electrons. The van der Waals surface area contributed by atoms with Gasteiger partial charge in [0.05, 0.1) is 0 Å². The molecule has 21 heavy (non-hydrogen) atoms. The first-order valence-corrected chi connectivity index (χ1v) is 8.48. The normalized spacial score (nSPS) is 16.7. The lowest BCUT2D eigenvalue weighted by Crippen LogP contribution is -2.24. The number of unbranched alkanes of at least 4 members (excludes halogenated alkanes) is 1. The van der Waals surface area contributed by atoms with Gasteiger partial charge in [0.1, 0.15) is 5.17 Å². The molecule has 0 N–H and O–H groups in total. The highest BCUT2D eigenvalue weighted by atomic mass is 35.5. The van der Waals surface area contributed by atoms with Crippen LogP contribution in [0.4, 0.5) is 0 Å². The van der Waals surface area contributed by atoms with E-state index in [2.05, 4.69) is 23.5 Å². The molecule has 0 amide bonds. The Bertz CT molecular complexity index is 400. The molecule has 0 bridgehead atoms. The Hall–Kier alpha value is -0.960. The number of amidine groups is 1. The number of rotatable bonds is 6. The van der Waals surface area contributed by atoms with Crippen molar-refractivity contribution in [3.05, 3.63) is 12.2 Å². The smallest absolute Gasteiger partial charge is 0.202 e. The van der Waals surface area contributed by atoms with Crippen LogP contribution < -0.4 is 0 Å². The lowest BCUT2D eigenvalue weighted by atomic mass is 9.94. The summed E-state index contributed by atoms with van der Waals surface area (Å²) in [6, 6.07) is 0. The highest BCUT2D eigenvalue weighted by Crippen LogP contribution is 2.18. The van der Waals surface area contributed by atoms with Crippen LogP contribution in [0.3, 0.4) is 0 Å². The Morgan fingerprint density at radius 2 is 2.05 bits per heavy atom. The van der Waals surface area contributed by atoms with Gasteiger partial charge in [-0.3, -0.25) is 9.79 Å². The molecule has 3 nitrogen and oxygen atoms in total. The summed E-state index contributed by atoms with van der Waals surface area (Å²) in [5.41, 5.74) is 0.795. The summed E-state index contributed by atoms with van der Waals surface area (Å²) in [4.78, 5) is 20.9. The zero-order valence-corrected chi connectivity index (χ0v) is 14.7. The number of aliphatic imine (C=N–C) groups is 2. The molecule has 1 rings (SSSR count). The average Bonchev–Trinajstić information content (AvgIpc) is 2.50. The van der Waals surface area contributed by atoms with Gasteiger partial charge in [-0.25, -0.2) is 4.99 Å². The van der Waals surface area contributed by atoms with E-state index in [-0.39, 0.29) is 17.5 Å². The summed E-state index contributed by atoms with van der Waals surface area (Å²) >= 11 is 6.05. The van der Waals surface area contributed by atoms with Gasteiger partial charge in [-0.15, -0.1) is 0 Å². The quantitative estimate of drug-likeness (QED) is 0.666. The minimum absolute atomic E-state index is 0.0135. The number of carbonyl (C=O) groups is 1. The van der Waals surface area contributed by atoms with Crippen molar-refractivity contribution in [1.82, 2.24) is 0 Å². The first kappa shape index (κ1) is 20.0. The number of allylic oxidation sites excluding steroid dienone is 1. The van der Waals surface area contributed by atoms with E-state index in [1.54, 1.807) is 0 Å². The van der Waals surface area contributed by atoms with Crippen molar-refractivity contribution in [1.29, 1.82) is 0 Å². The van der Waals surface area contributed by atoms with Crippen molar-refractivity contribution in [3.8, 4) is 0 Å². The van der Waals surface area contributed by atoms with Crippen molar-refractivity contribution in [3.63, 3.8) is 0 Å². The van der Waals surface area contributed by atoms with Gasteiger partial charge in [0, 0.05) is 12.5 Å². The Labute approximate surface area is 134 Å². The summed E-state index contributed by atoms with van der Waals surface area (Å²) in [5.74, 6) is 0.331. The van der Waals surface area contributed by atoms with Gasteiger partial charge in [-0.05, 0) is 31.3 Å². The molecule has 1 heterocycles. The van der Waals surface area contributed by atoms with Crippen molar-refractivity contribution in [2.24, 2.45) is 15.9 Å². The minimum atomic E-state index is 0.0135. The van der Waals surface area contributed by atoms with E-state index in [1.165, 1.54) is 0 Å². The second-order valence-corrected chi connectivity index (χ2v) is 5.28. The summed E-state index contributed by atoms with van der Waals surface area (Å²) in [6.07, 6.45) is 5.54. The van der Waals surface area contributed by atoms with E-state index in [0.717, 1.165) is 44.1 Å². The number of halogens is 1. The fraction of sp³-hybridized carbons (Fsp3) is 0.706. The fourth-order valence-corrected chi connectivity index (χ4v) is 2.25. The van der Waals surface area contributed by atoms with Gasteiger partial charge in [0.25, 0.3) is 0 Å². The van der Waals surface area contributed by atoms with Crippen LogP contribution in [0.2, 0.25) is 0 Å². The van der Waals surface area contributed by atoms with Crippen LogP contribution in [0.1, 0.15) is 66.2 Å². The molecule has 4 heteroatoms. The van der Waals surface area contributed by atoms with E-state index < -0.39 is 0 Å². The molecule has 0 saturated carbocycles. The second-order valence-electron chi connectivity index (χ2n) is 4.93. The lowest BCUT2D eigenvalue weighted by Gasteiger charge is -2.14. The zero-order chi connectivity index (χ0) is 16.3. The van der Waals surface area contributed by atoms with Crippen LogP contribution in [0, 0.1) is 5.92 Å². The monoisotopic (exact) mass is 312 g/mol. The predicted molar refractivity (Wildman–Crippen MR) is 93.6 cm³/mol. The Kier molecular flexibility index (Phi) is 11.1. The number of hydrogen-bond acceptors (Lipinski definition) is 3. The number of nitrogens with zero attached hydrogens (tertiary/aromatic N) is 2. The summed E-state index contributed by atoms with van der Waals surface area (Å²) < 4.78 is 0. The predicted octanol–water partition coefficient (Wildman–Crippen LogP) is 5.18. The molecule has 0 fully saturated rings. The van der Waals surface area contributed by atoms with Gasteiger partial charge in [0.2, 0.25) is 5.78 Å². The van der Waals surface area contributed by atoms with Crippen LogP contribution in [-0.4, -0.2) is 23.3 Å². The maximum Gasteiger partial charge on any atom is 0.202 e. The van der Waals surface area contributed by atoms with Crippen LogP contribution in [0.5, 0.6) is 0 Å². The van der Waals surface area contributed by atoms with E-state index in [4.69, 9.17) is 11.6 Å². The van der Waals surface area contributed by atoms with E-state index in [1.807, 2.05) is 20.8 Å². The number of Topliss-reactive ketones (excluding diaryl/α,β-unsaturated/α-hetero) is 1. The first-order chi connectivity index (χ1) is 10.1. The zero-order valence-electron chi connectivity index (χ0n) is 13.9. The highest BCUT2D eigenvalue weighted by Gasteiger charge is 2.22. The van der Waals surface area contributed by atoms with Gasteiger partial charge in [0.15, 0.2) is 5.84 Å². The van der Waals surface area contributed by atoms with Crippen molar-refractivity contribution < 1.29 is 4.79 Å². The van der Waals surface area contributed by atoms with Gasteiger partial charge < -0.3 is 0 Å². The molecule has 120 valence electrons. The van der Waals surface area contributed by atoms with Crippen LogP contribution in [0.25, 0.3) is 0 Å². The molecule has 0 aliphatic carbocycles. The fourth-order valence-electron chi connectivity index (χ4n) is 2.07. The third-order valence-electron chi connectivity index (χ3n) is 3.38. The van der Waals surface area contributed by atoms with E-state index in [9.17, 15) is 4.79 Å². The molecular weight excluding hydrogens is 284 g/mol. The third-order valence-corrected chi connectivity index (χ3v) is 3.74. The molecule has 0 aromatic heterocycles. The van der Waals surface area contributed by atoms with Gasteiger partial charge in [-0.1, -0.05) is 58.7 Å². The van der Waals surface area contributed by atoms with E-state index >= 15 is 0 Å². The maximum absolute atomic E-state index is 12.4. The number of ketones is 1. The summed E-state index contributed by atoms with van der Waals surface area (Å²) in [7, 11) is 0. The molecule has 1 aliphatic heterocycles. The Balaban J connectivity index is 0.00000191. The molecule has 1 unspecified atom stereocenters. The van der Waals surface area contributed by atoms with E-state index in [0.29, 0.717) is 11.7 Å². The minimum Gasteiger partial charge on any atom is -0.290 e. The lowest BCUT2D eigenvalue weighted by molar-refractivity contribution is -0.116. The maximum atomic E-state index is 12.4. The summed E-state index contributed by atoms with van der Waals surface area (Å²) in [5, 5.41) is 0.331. The van der Waals surface area contributed by atoms with Crippen molar-refractivity contribution in [2.45, 2.75) is 66.2 Å². The molecule has 1 atom stereocenters. The summed E-state index contributed by atoms with van der Waals surface area (Å²) in [6.45, 7) is 12.7. The van der Waals surface area contributed by atoms with Gasteiger partial charge >= 0.3 is 0 Å². The Morgan fingerprint density at radius 1 is 1.38 bits per heavy atom. The average molecular weight is 313 g/mol. The highest BCUT2D eigenvalue weighted by molar-refractivity contribution is 6.71. The number of carbonyl (C=O) groups excluding carboxylic acids is 1. The molecular formula is C17H29ClN2O. The largest absolute Gasteiger partial charge is 0.290 e. The van der Waals surface area contributed by atoms with Gasteiger partial charge in [-0.2, -0.15) is 0 Å². The SMILES string of the molecule is C=C1CCCN=C(C(=O)C(CC)CCCC)N=C1Cl.CC. The topological polar surface area (TPSA) is 41.8 Å². The van der Waals surface area contributed by atoms with Crippen molar-refractivity contribution >= 4 is 28.4 Å². The first-order valence-electron chi connectivity index (χ1n) is 8.11. The molecule has 1 aliphatic rings. The number of hydrogen-bond donors (Lipinski definition) is 0. The molecule has 0 spiro atoms. The second kappa shape index (κ2) is 11.7.